The van der Waals surface area contributed by atoms with Gasteiger partial charge < -0.3 is 11.1 Å². The fraction of sp³-hybridized carbons (Fsp3) is 0.556. The van der Waals surface area contributed by atoms with Gasteiger partial charge in [0.05, 0.1) is 11.2 Å². The van der Waals surface area contributed by atoms with E-state index in [4.69, 9.17) is 5.73 Å². The van der Waals surface area contributed by atoms with E-state index in [1.807, 2.05) is 12.3 Å². The molecule has 1 heterocycles. The van der Waals surface area contributed by atoms with Crippen molar-refractivity contribution in [2.45, 2.75) is 32.7 Å². The predicted octanol–water partition coefficient (Wildman–Crippen LogP) is 1.38. The van der Waals surface area contributed by atoms with Crippen LogP contribution in [0.2, 0.25) is 0 Å². The Morgan fingerprint density at radius 3 is 2.79 bits per heavy atom. The van der Waals surface area contributed by atoms with E-state index in [1.165, 1.54) is 11.3 Å². The van der Waals surface area contributed by atoms with Crippen LogP contribution in [0.5, 0.6) is 0 Å². The van der Waals surface area contributed by atoms with E-state index in [0.717, 1.165) is 12.1 Å². The van der Waals surface area contributed by atoms with Crippen LogP contribution in [-0.4, -0.2) is 16.4 Å². The van der Waals surface area contributed by atoms with Gasteiger partial charge in [-0.3, -0.25) is 4.79 Å². The highest BCUT2D eigenvalue weighted by Gasteiger charge is 2.22. The zero-order valence-corrected chi connectivity index (χ0v) is 9.44. The highest BCUT2D eigenvalue weighted by molar-refractivity contribution is 7.13. The Kier molecular flexibility index (Phi) is 3.23. The maximum atomic E-state index is 11.5. The van der Waals surface area contributed by atoms with Crippen LogP contribution < -0.4 is 11.1 Å². The van der Waals surface area contributed by atoms with Gasteiger partial charge in [0.15, 0.2) is 5.13 Å². The topological polar surface area (TPSA) is 68.0 Å². The summed E-state index contributed by atoms with van der Waals surface area (Å²) in [7, 11) is 0. The van der Waals surface area contributed by atoms with E-state index in [0.29, 0.717) is 5.13 Å². The molecule has 4 nitrogen and oxygen atoms in total. The lowest BCUT2D eigenvalue weighted by Gasteiger charge is -2.16. The molecule has 0 aliphatic heterocycles. The second-order valence-corrected chi connectivity index (χ2v) is 4.53. The van der Waals surface area contributed by atoms with Gasteiger partial charge in [0.25, 0.3) is 0 Å². The Morgan fingerprint density at radius 2 is 2.36 bits per heavy atom. The summed E-state index contributed by atoms with van der Waals surface area (Å²) in [6.07, 6.45) is 0.873. The minimum absolute atomic E-state index is 0.213. The number of anilines is 1. The first kappa shape index (κ1) is 11.1. The van der Waals surface area contributed by atoms with Gasteiger partial charge in [-0.1, -0.05) is 6.92 Å². The minimum Gasteiger partial charge on any atom is -0.318 e. The molecule has 0 aromatic carbocycles. The SMILES string of the molecule is CCc1csc(NC(=O)C(C)(C)N)n1. The van der Waals surface area contributed by atoms with Gasteiger partial charge in [-0.05, 0) is 20.3 Å². The van der Waals surface area contributed by atoms with E-state index < -0.39 is 5.54 Å². The van der Waals surface area contributed by atoms with Crippen LogP contribution in [0.15, 0.2) is 5.38 Å². The first-order chi connectivity index (χ1) is 6.43. The van der Waals surface area contributed by atoms with E-state index in [9.17, 15) is 4.79 Å². The molecule has 0 aliphatic rings. The number of aromatic nitrogens is 1. The van der Waals surface area contributed by atoms with Crippen molar-refractivity contribution in [3.05, 3.63) is 11.1 Å². The summed E-state index contributed by atoms with van der Waals surface area (Å²) in [6.45, 7) is 5.35. The number of nitrogens with zero attached hydrogens (tertiary/aromatic N) is 1. The number of rotatable bonds is 3. The average Bonchev–Trinajstić information content (AvgIpc) is 2.50. The van der Waals surface area contributed by atoms with Crippen molar-refractivity contribution >= 4 is 22.4 Å². The maximum absolute atomic E-state index is 11.5. The summed E-state index contributed by atoms with van der Waals surface area (Å²) in [5, 5.41) is 5.23. The van der Waals surface area contributed by atoms with E-state index in [2.05, 4.69) is 10.3 Å². The van der Waals surface area contributed by atoms with Crippen LogP contribution in [0.1, 0.15) is 26.5 Å². The molecule has 3 N–H and O–H groups in total. The van der Waals surface area contributed by atoms with Crippen molar-refractivity contribution in [2.75, 3.05) is 5.32 Å². The number of aryl methyl sites for hydroxylation is 1. The van der Waals surface area contributed by atoms with Crippen molar-refractivity contribution in [3.8, 4) is 0 Å². The Balaban J connectivity index is 2.65. The molecule has 0 saturated heterocycles. The van der Waals surface area contributed by atoms with Gasteiger partial charge in [-0.25, -0.2) is 4.98 Å². The van der Waals surface area contributed by atoms with Crippen molar-refractivity contribution in [3.63, 3.8) is 0 Å². The van der Waals surface area contributed by atoms with Gasteiger partial charge in [0, 0.05) is 5.38 Å². The molecule has 14 heavy (non-hydrogen) atoms. The Morgan fingerprint density at radius 1 is 1.71 bits per heavy atom. The van der Waals surface area contributed by atoms with Crippen LogP contribution >= 0.6 is 11.3 Å². The van der Waals surface area contributed by atoms with Gasteiger partial charge in [0.2, 0.25) is 5.91 Å². The van der Waals surface area contributed by atoms with E-state index >= 15 is 0 Å². The number of nitrogens with two attached hydrogens (primary N) is 1. The molecule has 0 radical (unpaired) electrons. The normalized spacial score (nSPS) is 11.4. The highest BCUT2D eigenvalue weighted by atomic mass is 32.1. The van der Waals surface area contributed by atoms with Gasteiger partial charge in [0.1, 0.15) is 0 Å². The Bertz CT molecular complexity index is 327. The first-order valence-corrected chi connectivity index (χ1v) is 5.36. The summed E-state index contributed by atoms with van der Waals surface area (Å²) in [5.74, 6) is -0.213. The molecule has 0 spiro atoms. The molecule has 1 amide bonds. The number of nitrogens with one attached hydrogen (secondary N) is 1. The van der Waals surface area contributed by atoms with E-state index in [1.54, 1.807) is 13.8 Å². The molecule has 0 fully saturated rings. The number of carbonyl (C=O) groups is 1. The largest absolute Gasteiger partial charge is 0.318 e. The second-order valence-electron chi connectivity index (χ2n) is 3.67. The van der Waals surface area contributed by atoms with Crippen molar-refractivity contribution in [1.29, 1.82) is 0 Å². The summed E-state index contributed by atoms with van der Waals surface area (Å²) in [5.41, 5.74) is 5.75. The Hall–Kier alpha value is -0.940. The molecule has 0 unspecified atom stereocenters. The van der Waals surface area contributed by atoms with Crippen LogP contribution in [-0.2, 0) is 11.2 Å². The number of hydrogen-bond acceptors (Lipinski definition) is 4. The summed E-state index contributed by atoms with van der Waals surface area (Å²) in [6, 6.07) is 0. The number of carbonyl (C=O) groups excluding carboxylic acids is 1. The molecule has 1 aromatic heterocycles. The molecular formula is C9H15N3OS. The minimum atomic E-state index is -0.863. The molecule has 0 bridgehead atoms. The van der Waals surface area contributed by atoms with Crippen LogP contribution in [0.3, 0.4) is 0 Å². The summed E-state index contributed by atoms with van der Waals surface area (Å²) < 4.78 is 0. The lowest BCUT2D eigenvalue weighted by Crippen LogP contribution is -2.45. The zero-order valence-electron chi connectivity index (χ0n) is 8.63. The van der Waals surface area contributed by atoms with Crippen LogP contribution in [0, 0.1) is 0 Å². The van der Waals surface area contributed by atoms with Crippen LogP contribution in [0.25, 0.3) is 0 Å². The Labute approximate surface area is 87.5 Å². The molecular weight excluding hydrogens is 198 g/mol. The molecule has 0 saturated carbocycles. The van der Waals surface area contributed by atoms with Gasteiger partial charge in [-0.2, -0.15) is 0 Å². The van der Waals surface area contributed by atoms with E-state index in [-0.39, 0.29) is 5.91 Å². The standard InChI is InChI=1S/C9H15N3OS/c1-4-6-5-14-8(11-6)12-7(13)9(2,3)10/h5H,4,10H2,1-3H3,(H,11,12,13). The molecule has 78 valence electrons. The predicted molar refractivity (Wildman–Crippen MR) is 58.4 cm³/mol. The highest BCUT2D eigenvalue weighted by Crippen LogP contribution is 2.16. The lowest BCUT2D eigenvalue weighted by molar-refractivity contribution is -0.120. The lowest BCUT2D eigenvalue weighted by atomic mass is 10.1. The third-order valence-corrected chi connectivity index (χ3v) is 2.53. The monoisotopic (exact) mass is 213 g/mol. The maximum Gasteiger partial charge on any atom is 0.245 e. The fourth-order valence-electron chi connectivity index (χ4n) is 0.785. The zero-order chi connectivity index (χ0) is 10.8. The van der Waals surface area contributed by atoms with Crippen LogP contribution in [0.4, 0.5) is 5.13 Å². The summed E-state index contributed by atoms with van der Waals surface area (Å²) >= 11 is 1.42. The van der Waals surface area contributed by atoms with Gasteiger partial charge >= 0.3 is 0 Å². The number of hydrogen-bond donors (Lipinski definition) is 2. The fourth-order valence-corrected chi connectivity index (χ4v) is 1.57. The van der Waals surface area contributed by atoms with Crippen molar-refractivity contribution in [2.24, 2.45) is 5.73 Å². The second kappa shape index (κ2) is 4.06. The third kappa shape index (κ3) is 2.78. The molecule has 0 aliphatic carbocycles. The number of thiazole rings is 1. The smallest absolute Gasteiger partial charge is 0.245 e. The third-order valence-electron chi connectivity index (χ3n) is 1.72. The van der Waals surface area contributed by atoms with Crippen molar-refractivity contribution in [1.82, 2.24) is 4.98 Å². The van der Waals surface area contributed by atoms with Crippen molar-refractivity contribution < 1.29 is 4.79 Å². The first-order valence-electron chi connectivity index (χ1n) is 4.48. The number of amides is 1. The molecule has 0 atom stereocenters. The quantitative estimate of drug-likeness (QED) is 0.797. The molecule has 5 heteroatoms. The van der Waals surface area contributed by atoms with Gasteiger partial charge in [-0.15, -0.1) is 11.3 Å². The summed E-state index contributed by atoms with van der Waals surface area (Å²) in [4.78, 5) is 15.7. The molecule has 1 rings (SSSR count). The molecule has 1 aromatic rings. The average molecular weight is 213 g/mol.